The summed E-state index contributed by atoms with van der Waals surface area (Å²) in [5, 5.41) is 0. The van der Waals surface area contributed by atoms with Gasteiger partial charge in [-0.2, -0.15) is 0 Å². The van der Waals surface area contributed by atoms with Crippen molar-refractivity contribution >= 4 is 0 Å². The molecule has 0 N–H and O–H groups in total. The molecule has 0 aromatic carbocycles. The van der Waals surface area contributed by atoms with Crippen molar-refractivity contribution in [2.45, 2.75) is 39.5 Å². The number of hydrogen-bond acceptors (Lipinski definition) is 1. The van der Waals surface area contributed by atoms with Gasteiger partial charge >= 0.3 is 0 Å². The van der Waals surface area contributed by atoms with Crippen molar-refractivity contribution < 1.29 is 0 Å². The predicted molar refractivity (Wildman–Crippen MR) is 49.7 cm³/mol. The zero-order valence-electron chi connectivity index (χ0n) is 7.97. The van der Waals surface area contributed by atoms with Gasteiger partial charge in [0.05, 0.1) is 0 Å². The Labute approximate surface area is 70.8 Å². The Morgan fingerprint density at radius 1 is 1.45 bits per heavy atom. The lowest BCUT2D eigenvalue weighted by Crippen LogP contribution is -2.34. The van der Waals surface area contributed by atoms with Crippen LogP contribution in [0.1, 0.15) is 39.5 Å². The van der Waals surface area contributed by atoms with Gasteiger partial charge in [-0.1, -0.05) is 20.3 Å². The third-order valence-corrected chi connectivity index (χ3v) is 2.57. The van der Waals surface area contributed by atoms with Crippen LogP contribution in [0.2, 0.25) is 0 Å². The first-order valence-corrected chi connectivity index (χ1v) is 5.05. The molecule has 0 amide bonds. The van der Waals surface area contributed by atoms with Gasteiger partial charge in [0, 0.05) is 6.54 Å². The molecule has 0 aromatic heterocycles. The van der Waals surface area contributed by atoms with Crippen LogP contribution in [-0.4, -0.2) is 24.5 Å². The second-order valence-electron chi connectivity index (χ2n) is 3.90. The molecule has 1 saturated heterocycles. The monoisotopic (exact) mass is 155 g/mol. The Hall–Kier alpha value is -0.0400. The summed E-state index contributed by atoms with van der Waals surface area (Å²) in [7, 11) is 0. The van der Waals surface area contributed by atoms with Crippen molar-refractivity contribution in [3.63, 3.8) is 0 Å². The molecule has 66 valence electrons. The Balaban J connectivity index is 2.12. The van der Waals surface area contributed by atoms with Crippen LogP contribution in [0.3, 0.4) is 0 Å². The van der Waals surface area contributed by atoms with E-state index in [9.17, 15) is 0 Å². The fraction of sp³-hybridized carbons (Fsp3) is 1.00. The molecule has 1 aliphatic rings. The maximum absolute atomic E-state index is 2.62. The van der Waals surface area contributed by atoms with Gasteiger partial charge in [-0.25, -0.2) is 0 Å². The summed E-state index contributed by atoms with van der Waals surface area (Å²) in [5.74, 6) is 0.945. The molecule has 1 fully saturated rings. The Morgan fingerprint density at radius 3 is 2.91 bits per heavy atom. The van der Waals surface area contributed by atoms with Gasteiger partial charge in [0.1, 0.15) is 0 Å². The van der Waals surface area contributed by atoms with Crippen molar-refractivity contribution in [3.05, 3.63) is 0 Å². The lowest BCUT2D eigenvalue weighted by atomic mass is 10.0. The summed E-state index contributed by atoms with van der Waals surface area (Å²) in [6.07, 6.45) is 5.59. The molecule has 0 bridgehead atoms. The number of unbranched alkanes of at least 4 members (excludes halogenated alkanes) is 1. The van der Waals surface area contributed by atoms with Crippen molar-refractivity contribution in [2.24, 2.45) is 5.92 Å². The van der Waals surface area contributed by atoms with Gasteiger partial charge in [0.15, 0.2) is 0 Å². The smallest absolute Gasteiger partial charge is 0.000703 e. The van der Waals surface area contributed by atoms with Gasteiger partial charge < -0.3 is 4.90 Å². The highest BCUT2D eigenvalue weighted by Gasteiger charge is 2.14. The molecular formula is C10H21N. The largest absolute Gasteiger partial charge is 0.303 e. The van der Waals surface area contributed by atoms with Gasteiger partial charge in [0.25, 0.3) is 0 Å². The second-order valence-corrected chi connectivity index (χ2v) is 3.90. The van der Waals surface area contributed by atoms with Crippen molar-refractivity contribution in [2.75, 3.05) is 19.6 Å². The maximum atomic E-state index is 2.62. The molecule has 0 aromatic rings. The van der Waals surface area contributed by atoms with E-state index >= 15 is 0 Å². The SMILES string of the molecule is CCCCN1CCCC(C)C1. The molecule has 0 spiro atoms. The summed E-state index contributed by atoms with van der Waals surface area (Å²) >= 11 is 0. The maximum Gasteiger partial charge on any atom is 0.000703 e. The van der Waals surface area contributed by atoms with Crippen LogP contribution in [-0.2, 0) is 0 Å². The Morgan fingerprint density at radius 2 is 2.27 bits per heavy atom. The van der Waals surface area contributed by atoms with Crippen molar-refractivity contribution in [1.82, 2.24) is 4.90 Å². The van der Waals surface area contributed by atoms with Crippen LogP contribution in [0.15, 0.2) is 0 Å². The topological polar surface area (TPSA) is 3.24 Å². The molecule has 0 saturated carbocycles. The van der Waals surface area contributed by atoms with Gasteiger partial charge in [-0.05, 0) is 38.3 Å². The molecule has 1 nitrogen and oxygen atoms in total. The van der Waals surface area contributed by atoms with E-state index in [4.69, 9.17) is 0 Å². The normalized spacial score (nSPS) is 27.3. The van der Waals surface area contributed by atoms with E-state index in [1.165, 1.54) is 45.3 Å². The molecule has 1 atom stereocenters. The van der Waals surface area contributed by atoms with E-state index in [0.29, 0.717) is 0 Å². The summed E-state index contributed by atoms with van der Waals surface area (Å²) < 4.78 is 0. The highest BCUT2D eigenvalue weighted by molar-refractivity contribution is 4.69. The lowest BCUT2D eigenvalue weighted by molar-refractivity contribution is 0.182. The fourth-order valence-electron chi connectivity index (χ4n) is 1.87. The van der Waals surface area contributed by atoms with Crippen LogP contribution in [0.4, 0.5) is 0 Å². The third-order valence-electron chi connectivity index (χ3n) is 2.57. The summed E-state index contributed by atoms with van der Waals surface area (Å²) in [6.45, 7) is 8.68. The van der Waals surface area contributed by atoms with Gasteiger partial charge in [0.2, 0.25) is 0 Å². The number of hydrogen-bond donors (Lipinski definition) is 0. The van der Waals surface area contributed by atoms with E-state index in [0.717, 1.165) is 5.92 Å². The minimum absolute atomic E-state index is 0.945. The molecule has 1 unspecified atom stereocenters. The summed E-state index contributed by atoms with van der Waals surface area (Å²) in [4.78, 5) is 2.62. The van der Waals surface area contributed by atoms with E-state index in [2.05, 4.69) is 18.7 Å². The van der Waals surface area contributed by atoms with Crippen LogP contribution in [0.25, 0.3) is 0 Å². The molecule has 1 heterocycles. The van der Waals surface area contributed by atoms with Crippen molar-refractivity contribution in [1.29, 1.82) is 0 Å². The standard InChI is InChI=1S/C10H21N/c1-3-4-7-11-8-5-6-10(2)9-11/h10H,3-9H2,1-2H3. The Kier molecular flexibility index (Phi) is 3.92. The average molecular weight is 155 g/mol. The molecule has 1 heteroatoms. The van der Waals surface area contributed by atoms with Crippen LogP contribution >= 0.6 is 0 Å². The molecule has 0 radical (unpaired) electrons. The Bertz CT molecular complexity index is 101. The summed E-state index contributed by atoms with van der Waals surface area (Å²) in [5.41, 5.74) is 0. The fourth-order valence-corrected chi connectivity index (χ4v) is 1.87. The van der Waals surface area contributed by atoms with E-state index in [1.54, 1.807) is 0 Å². The minimum Gasteiger partial charge on any atom is -0.303 e. The van der Waals surface area contributed by atoms with Crippen molar-refractivity contribution in [3.8, 4) is 0 Å². The first kappa shape index (κ1) is 9.05. The number of nitrogens with zero attached hydrogens (tertiary/aromatic N) is 1. The average Bonchev–Trinajstić information content (AvgIpc) is 2.01. The van der Waals surface area contributed by atoms with Crippen LogP contribution < -0.4 is 0 Å². The van der Waals surface area contributed by atoms with Gasteiger partial charge in [-0.3, -0.25) is 0 Å². The lowest BCUT2D eigenvalue weighted by Gasteiger charge is -2.30. The van der Waals surface area contributed by atoms with Crippen LogP contribution in [0, 0.1) is 5.92 Å². The number of rotatable bonds is 3. The molecule has 1 rings (SSSR count). The third kappa shape index (κ3) is 3.24. The van der Waals surface area contributed by atoms with E-state index in [1.807, 2.05) is 0 Å². The van der Waals surface area contributed by atoms with Gasteiger partial charge in [-0.15, -0.1) is 0 Å². The molecular weight excluding hydrogens is 134 g/mol. The first-order valence-electron chi connectivity index (χ1n) is 5.05. The molecule has 1 aliphatic heterocycles. The number of piperidine rings is 1. The highest BCUT2D eigenvalue weighted by Crippen LogP contribution is 2.15. The molecule has 0 aliphatic carbocycles. The summed E-state index contributed by atoms with van der Waals surface area (Å²) in [6, 6.07) is 0. The second kappa shape index (κ2) is 4.76. The minimum atomic E-state index is 0.945. The molecule has 11 heavy (non-hydrogen) atoms. The highest BCUT2D eigenvalue weighted by atomic mass is 15.1. The van der Waals surface area contributed by atoms with Crippen LogP contribution in [0.5, 0.6) is 0 Å². The quantitative estimate of drug-likeness (QED) is 0.605. The van der Waals surface area contributed by atoms with E-state index < -0.39 is 0 Å². The first-order chi connectivity index (χ1) is 5.33. The zero-order chi connectivity index (χ0) is 8.10. The van der Waals surface area contributed by atoms with E-state index in [-0.39, 0.29) is 0 Å². The predicted octanol–water partition coefficient (Wildman–Crippen LogP) is 2.52. The number of likely N-dealkylation sites (tertiary alicyclic amines) is 1. The zero-order valence-corrected chi connectivity index (χ0v) is 7.97.